The van der Waals surface area contributed by atoms with Crippen LogP contribution in [0.3, 0.4) is 0 Å². The van der Waals surface area contributed by atoms with Crippen molar-refractivity contribution in [3.8, 4) is 0 Å². The van der Waals surface area contributed by atoms with Crippen LogP contribution in [0.5, 0.6) is 0 Å². The first kappa shape index (κ1) is 16.3. The lowest BCUT2D eigenvalue weighted by molar-refractivity contribution is 0.147. The molecule has 3 unspecified atom stereocenters. The zero-order valence-corrected chi connectivity index (χ0v) is 14.3. The van der Waals surface area contributed by atoms with Crippen molar-refractivity contribution in [3.63, 3.8) is 0 Å². The summed E-state index contributed by atoms with van der Waals surface area (Å²) in [5.74, 6) is 1.98. The molecule has 2 aliphatic carbocycles. The highest BCUT2D eigenvalue weighted by molar-refractivity contribution is 7.91. The Morgan fingerprint density at radius 3 is 2.35 bits per heavy atom. The van der Waals surface area contributed by atoms with Gasteiger partial charge in [0.1, 0.15) is 0 Å². The fraction of sp³-hybridized carbons (Fsp3) is 1.00. The monoisotopic (exact) mass is 301 g/mol. The molecule has 2 aliphatic rings. The Bertz CT molecular complexity index is 430. The average Bonchev–Trinajstić information content (AvgIpc) is 2.95. The second-order valence-corrected chi connectivity index (χ2v) is 10.3. The largest absolute Gasteiger partial charge is 0.314 e. The summed E-state index contributed by atoms with van der Waals surface area (Å²) < 4.78 is 24.3. The van der Waals surface area contributed by atoms with Crippen molar-refractivity contribution >= 4 is 9.84 Å². The SMILES string of the molecule is CC(C)NCC1(CCS(=O)(=O)C(C)C)CC2CCC1C2. The highest BCUT2D eigenvalue weighted by atomic mass is 32.2. The number of hydrogen-bond donors (Lipinski definition) is 1. The molecule has 0 saturated heterocycles. The lowest BCUT2D eigenvalue weighted by Crippen LogP contribution is -2.42. The van der Waals surface area contributed by atoms with E-state index >= 15 is 0 Å². The van der Waals surface area contributed by atoms with Crippen LogP contribution in [0.25, 0.3) is 0 Å². The second kappa shape index (κ2) is 5.96. The van der Waals surface area contributed by atoms with Gasteiger partial charge in [-0.2, -0.15) is 0 Å². The number of hydrogen-bond acceptors (Lipinski definition) is 3. The fourth-order valence-electron chi connectivity index (χ4n) is 4.16. The Morgan fingerprint density at radius 1 is 1.20 bits per heavy atom. The predicted molar refractivity (Wildman–Crippen MR) is 84.6 cm³/mol. The van der Waals surface area contributed by atoms with Crippen LogP contribution in [-0.4, -0.2) is 32.0 Å². The van der Waals surface area contributed by atoms with Gasteiger partial charge in [0, 0.05) is 12.6 Å². The van der Waals surface area contributed by atoms with Crippen LogP contribution in [0.1, 0.15) is 59.8 Å². The molecule has 0 aromatic carbocycles. The molecular formula is C16H31NO2S. The average molecular weight is 301 g/mol. The van der Waals surface area contributed by atoms with Crippen LogP contribution in [-0.2, 0) is 9.84 Å². The Morgan fingerprint density at radius 2 is 1.90 bits per heavy atom. The molecule has 0 radical (unpaired) electrons. The van der Waals surface area contributed by atoms with Crippen molar-refractivity contribution in [2.45, 2.75) is 71.1 Å². The fourth-order valence-corrected chi connectivity index (χ4v) is 5.32. The minimum absolute atomic E-state index is 0.240. The Hall–Kier alpha value is -0.0900. The van der Waals surface area contributed by atoms with Gasteiger partial charge in [-0.25, -0.2) is 8.42 Å². The van der Waals surface area contributed by atoms with Gasteiger partial charge in [-0.05, 0) is 56.8 Å². The molecule has 0 amide bonds. The van der Waals surface area contributed by atoms with Crippen molar-refractivity contribution in [2.75, 3.05) is 12.3 Å². The van der Waals surface area contributed by atoms with Gasteiger partial charge in [-0.15, -0.1) is 0 Å². The lowest BCUT2D eigenvalue weighted by Gasteiger charge is -2.39. The molecule has 2 rings (SSSR count). The molecule has 1 N–H and O–H groups in total. The van der Waals surface area contributed by atoms with Crippen LogP contribution >= 0.6 is 0 Å². The van der Waals surface area contributed by atoms with E-state index in [2.05, 4.69) is 19.2 Å². The normalized spacial score (nSPS) is 33.5. The Kier molecular flexibility index (Phi) is 4.85. The first-order valence-corrected chi connectivity index (χ1v) is 9.92. The summed E-state index contributed by atoms with van der Waals surface area (Å²) in [5.41, 5.74) is 0.245. The third kappa shape index (κ3) is 3.38. The lowest BCUT2D eigenvalue weighted by atomic mass is 9.71. The van der Waals surface area contributed by atoms with Crippen LogP contribution in [0.2, 0.25) is 0 Å². The summed E-state index contributed by atoms with van der Waals surface area (Å²) in [4.78, 5) is 0. The smallest absolute Gasteiger partial charge is 0.152 e. The first-order chi connectivity index (χ1) is 9.25. The van der Waals surface area contributed by atoms with Crippen LogP contribution in [0.15, 0.2) is 0 Å². The molecule has 2 bridgehead atoms. The van der Waals surface area contributed by atoms with E-state index in [0.717, 1.165) is 24.8 Å². The minimum Gasteiger partial charge on any atom is -0.314 e. The summed E-state index contributed by atoms with van der Waals surface area (Å²) in [5, 5.41) is 3.34. The molecular weight excluding hydrogens is 270 g/mol. The Balaban J connectivity index is 2.05. The van der Waals surface area contributed by atoms with E-state index in [-0.39, 0.29) is 10.7 Å². The van der Waals surface area contributed by atoms with Gasteiger partial charge in [0.05, 0.1) is 11.0 Å². The number of fused-ring (bicyclic) bond motifs is 2. The van der Waals surface area contributed by atoms with E-state index in [9.17, 15) is 8.42 Å². The number of sulfone groups is 1. The molecule has 0 aromatic rings. The summed E-state index contributed by atoms with van der Waals surface area (Å²) in [7, 11) is -2.91. The summed E-state index contributed by atoms with van der Waals surface area (Å²) in [6, 6.07) is 0.479. The minimum atomic E-state index is -2.91. The van der Waals surface area contributed by atoms with Gasteiger partial charge in [-0.1, -0.05) is 20.3 Å². The molecule has 0 aliphatic heterocycles. The molecule has 2 fully saturated rings. The first-order valence-electron chi connectivity index (χ1n) is 8.20. The molecule has 0 spiro atoms. The van der Waals surface area contributed by atoms with Crippen molar-refractivity contribution in [1.82, 2.24) is 5.32 Å². The van der Waals surface area contributed by atoms with Gasteiger partial charge in [0.25, 0.3) is 0 Å². The standard InChI is InChI=1S/C16H31NO2S/c1-12(2)17-11-16(7-8-20(18,19)13(3)4)10-14-5-6-15(16)9-14/h12-15,17H,5-11H2,1-4H3. The third-order valence-corrected chi connectivity index (χ3v) is 7.78. The number of rotatable bonds is 7. The van der Waals surface area contributed by atoms with E-state index in [4.69, 9.17) is 0 Å². The maximum atomic E-state index is 12.2. The van der Waals surface area contributed by atoms with Crippen molar-refractivity contribution in [3.05, 3.63) is 0 Å². The molecule has 3 atom stereocenters. The van der Waals surface area contributed by atoms with Gasteiger partial charge < -0.3 is 5.32 Å². The van der Waals surface area contributed by atoms with Crippen LogP contribution in [0.4, 0.5) is 0 Å². The maximum Gasteiger partial charge on any atom is 0.152 e. The van der Waals surface area contributed by atoms with Crippen molar-refractivity contribution in [2.24, 2.45) is 17.3 Å². The summed E-state index contributed by atoms with van der Waals surface area (Å²) >= 11 is 0. The molecule has 2 saturated carbocycles. The zero-order valence-electron chi connectivity index (χ0n) is 13.5. The third-order valence-electron chi connectivity index (χ3n) is 5.57. The summed E-state index contributed by atoms with van der Waals surface area (Å²) in [6.45, 7) is 8.95. The second-order valence-electron chi connectivity index (χ2n) is 7.64. The molecule has 4 heteroatoms. The van der Waals surface area contributed by atoms with E-state index < -0.39 is 9.84 Å². The summed E-state index contributed by atoms with van der Waals surface area (Å²) in [6.07, 6.45) is 6.11. The maximum absolute atomic E-state index is 12.2. The van der Waals surface area contributed by atoms with E-state index in [0.29, 0.717) is 11.8 Å². The predicted octanol–water partition coefficient (Wildman–Crippen LogP) is 3.00. The van der Waals surface area contributed by atoms with Crippen LogP contribution < -0.4 is 5.32 Å². The molecule has 0 heterocycles. The van der Waals surface area contributed by atoms with Crippen molar-refractivity contribution < 1.29 is 8.42 Å². The van der Waals surface area contributed by atoms with Crippen LogP contribution in [0, 0.1) is 17.3 Å². The topological polar surface area (TPSA) is 46.2 Å². The highest BCUT2D eigenvalue weighted by Gasteiger charge is 2.50. The Labute approximate surface area is 124 Å². The van der Waals surface area contributed by atoms with Gasteiger partial charge in [0.2, 0.25) is 0 Å². The molecule has 0 aromatic heterocycles. The number of nitrogens with one attached hydrogen (secondary N) is 1. The quantitative estimate of drug-likeness (QED) is 0.786. The van der Waals surface area contributed by atoms with Gasteiger partial charge >= 0.3 is 0 Å². The van der Waals surface area contributed by atoms with Crippen molar-refractivity contribution in [1.29, 1.82) is 0 Å². The highest BCUT2D eigenvalue weighted by Crippen LogP contribution is 2.57. The van der Waals surface area contributed by atoms with E-state index in [1.807, 2.05) is 0 Å². The molecule has 20 heavy (non-hydrogen) atoms. The van der Waals surface area contributed by atoms with Gasteiger partial charge in [0.15, 0.2) is 9.84 Å². The van der Waals surface area contributed by atoms with Gasteiger partial charge in [-0.3, -0.25) is 0 Å². The van der Waals surface area contributed by atoms with E-state index in [1.165, 1.54) is 25.7 Å². The molecule has 118 valence electrons. The van der Waals surface area contributed by atoms with E-state index in [1.54, 1.807) is 13.8 Å². The molecule has 3 nitrogen and oxygen atoms in total. The zero-order chi connectivity index (χ0) is 15.0.